The van der Waals surface area contributed by atoms with E-state index in [0.717, 1.165) is 12.8 Å². The number of halogens is 2. The molecule has 1 aliphatic rings. The topological polar surface area (TPSA) is 88.1 Å². The van der Waals surface area contributed by atoms with Gasteiger partial charge in [0.15, 0.2) is 0 Å². The van der Waals surface area contributed by atoms with Crippen LogP contribution in [0, 0.1) is 0 Å². The Labute approximate surface area is 173 Å². The number of para-hydroxylation sites is 1. The van der Waals surface area contributed by atoms with Gasteiger partial charge in [-0.2, -0.15) is 18.2 Å². The summed E-state index contributed by atoms with van der Waals surface area (Å²) >= 11 is 0. The summed E-state index contributed by atoms with van der Waals surface area (Å²) in [7, 11) is -3.66. The van der Waals surface area contributed by atoms with E-state index in [1.807, 2.05) is 0 Å². The van der Waals surface area contributed by atoms with Crippen molar-refractivity contribution in [2.75, 3.05) is 13.1 Å². The molecular formula is C20H21F2N3O4S. The molecule has 0 bridgehead atoms. The second-order valence-electron chi connectivity index (χ2n) is 6.65. The van der Waals surface area contributed by atoms with Crippen LogP contribution >= 0.6 is 0 Å². The van der Waals surface area contributed by atoms with Crippen molar-refractivity contribution < 1.29 is 26.7 Å². The second-order valence-corrected chi connectivity index (χ2v) is 8.59. The number of hydrazone groups is 1. The predicted molar refractivity (Wildman–Crippen MR) is 107 cm³/mol. The molecule has 0 unspecified atom stereocenters. The van der Waals surface area contributed by atoms with Crippen molar-refractivity contribution in [2.24, 2.45) is 5.10 Å². The van der Waals surface area contributed by atoms with E-state index >= 15 is 0 Å². The number of carbonyl (C=O) groups is 1. The minimum Gasteiger partial charge on any atom is -0.434 e. The molecule has 2 aromatic rings. The van der Waals surface area contributed by atoms with Gasteiger partial charge in [-0.15, -0.1) is 0 Å². The van der Waals surface area contributed by atoms with Gasteiger partial charge in [-0.25, -0.2) is 13.8 Å². The molecule has 0 aliphatic carbocycles. The highest BCUT2D eigenvalue weighted by Gasteiger charge is 2.27. The standard InChI is InChI=1S/C20H21F2N3O4S/c1-14(17-9-2-3-10-18(17)29-20(21)22)23-24-19(26)15-7-6-8-16(13-15)30(27,28)25-11-4-5-12-25/h2-3,6-10,13,20H,4-5,11-12H2,1H3,(H,24,26)/b23-14+. The second kappa shape index (κ2) is 9.31. The van der Waals surface area contributed by atoms with Crippen LogP contribution in [0.15, 0.2) is 58.5 Å². The van der Waals surface area contributed by atoms with E-state index < -0.39 is 22.5 Å². The number of rotatable bonds is 7. The molecule has 7 nitrogen and oxygen atoms in total. The van der Waals surface area contributed by atoms with Gasteiger partial charge in [0.05, 0.1) is 10.6 Å². The number of alkyl halides is 2. The maximum Gasteiger partial charge on any atom is 0.387 e. The lowest BCUT2D eigenvalue weighted by Gasteiger charge is -2.15. The van der Waals surface area contributed by atoms with Crippen LogP contribution in [0.2, 0.25) is 0 Å². The monoisotopic (exact) mass is 437 g/mol. The fraction of sp³-hybridized carbons (Fsp3) is 0.300. The van der Waals surface area contributed by atoms with Crippen molar-refractivity contribution in [1.82, 2.24) is 9.73 Å². The Hall–Kier alpha value is -2.85. The van der Waals surface area contributed by atoms with E-state index in [0.29, 0.717) is 18.7 Å². The lowest BCUT2D eigenvalue weighted by Crippen LogP contribution is -2.28. The van der Waals surface area contributed by atoms with Gasteiger partial charge in [0, 0.05) is 24.2 Å². The zero-order valence-corrected chi connectivity index (χ0v) is 17.0. The molecule has 0 radical (unpaired) electrons. The zero-order chi connectivity index (χ0) is 21.7. The molecule has 0 aromatic heterocycles. The SMILES string of the molecule is C/C(=N\NC(=O)c1cccc(S(=O)(=O)N2CCCC2)c1)c1ccccc1OC(F)F. The van der Waals surface area contributed by atoms with Crippen LogP contribution in [0.3, 0.4) is 0 Å². The molecule has 0 saturated carbocycles. The number of nitrogens with one attached hydrogen (secondary N) is 1. The van der Waals surface area contributed by atoms with Gasteiger partial charge in [-0.05, 0) is 50.1 Å². The number of amides is 1. The summed E-state index contributed by atoms with van der Waals surface area (Å²) in [5.41, 5.74) is 2.98. The van der Waals surface area contributed by atoms with Crippen LogP contribution in [0.1, 0.15) is 35.7 Å². The number of hydrogen-bond acceptors (Lipinski definition) is 5. The fourth-order valence-electron chi connectivity index (χ4n) is 3.10. The highest BCUT2D eigenvalue weighted by atomic mass is 32.2. The summed E-state index contributed by atoms with van der Waals surface area (Å²) in [5, 5.41) is 3.94. The molecule has 0 atom stereocenters. The Kier molecular flexibility index (Phi) is 6.78. The highest BCUT2D eigenvalue weighted by Crippen LogP contribution is 2.22. The van der Waals surface area contributed by atoms with E-state index in [1.54, 1.807) is 12.1 Å². The van der Waals surface area contributed by atoms with Crippen molar-refractivity contribution in [2.45, 2.75) is 31.3 Å². The van der Waals surface area contributed by atoms with Crippen molar-refractivity contribution in [3.05, 3.63) is 59.7 Å². The van der Waals surface area contributed by atoms with Gasteiger partial charge in [-0.3, -0.25) is 4.79 Å². The Morgan fingerprint density at radius 3 is 2.53 bits per heavy atom. The molecule has 3 rings (SSSR count). The van der Waals surface area contributed by atoms with Gasteiger partial charge >= 0.3 is 6.61 Å². The molecule has 1 amide bonds. The number of nitrogens with zero attached hydrogens (tertiary/aromatic N) is 2. The van der Waals surface area contributed by atoms with Gasteiger partial charge in [0.25, 0.3) is 5.91 Å². The summed E-state index contributed by atoms with van der Waals surface area (Å²) in [6, 6.07) is 11.8. The van der Waals surface area contributed by atoms with E-state index in [9.17, 15) is 22.0 Å². The molecule has 1 saturated heterocycles. The minimum absolute atomic E-state index is 0.0356. The van der Waals surface area contributed by atoms with Crippen LogP contribution < -0.4 is 10.2 Å². The number of ether oxygens (including phenoxy) is 1. The van der Waals surface area contributed by atoms with Gasteiger partial charge in [-0.1, -0.05) is 18.2 Å². The van der Waals surface area contributed by atoms with Gasteiger partial charge in [0.1, 0.15) is 5.75 Å². The first-order valence-corrected chi connectivity index (χ1v) is 10.7. The Balaban J connectivity index is 1.77. The third-order valence-corrected chi connectivity index (χ3v) is 6.51. The van der Waals surface area contributed by atoms with Crippen molar-refractivity contribution >= 4 is 21.6 Å². The van der Waals surface area contributed by atoms with Crippen LogP contribution in [-0.4, -0.2) is 44.0 Å². The van der Waals surface area contributed by atoms with Crippen molar-refractivity contribution in [1.29, 1.82) is 0 Å². The normalized spacial score (nSPS) is 15.4. The predicted octanol–water partition coefficient (Wildman–Crippen LogP) is 3.23. The van der Waals surface area contributed by atoms with Crippen molar-refractivity contribution in [3.63, 3.8) is 0 Å². The number of carbonyl (C=O) groups excluding carboxylic acids is 1. The summed E-state index contributed by atoms with van der Waals surface area (Å²) < 4.78 is 56.3. The molecule has 1 aliphatic heterocycles. The van der Waals surface area contributed by atoms with Crippen LogP contribution in [-0.2, 0) is 10.0 Å². The minimum atomic E-state index is -3.66. The van der Waals surface area contributed by atoms with E-state index in [2.05, 4.69) is 15.3 Å². The Bertz CT molecular complexity index is 1050. The lowest BCUT2D eigenvalue weighted by atomic mass is 10.1. The summed E-state index contributed by atoms with van der Waals surface area (Å²) in [6.07, 6.45) is 1.62. The maximum absolute atomic E-state index is 12.7. The average molecular weight is 437 g/mol. The van der Waals surface area contributed by atoms with E-state index in [1.165, 1.54) is 47.6 Å². The fourth-order valence-corrected chi connectivity index (χ4v) is 4.66. The van der Waals surface area contributed by atoms with Crippen LogP contribution in [0.4, 0.5) is 8.78 Å². The summed E-state index contributed by atoms with van der Waals surface area (Å²) in [4.78, 5) is 12.5. The van der Waals surface area contributed by atoms with Gasteiger partial charge in [0.2, 0.25) is 10.0 Å². The molecule has 2 aromatic carbocycles. The number of benzene rings is 2. The summed E-state index contributed by atoms with van der Waals surface area (Å²) in [6.45, 7) is -0.541. The van der Waals surface area contributed by atoms with E-state index in [-0.39, 0.29) is 21.9 Å². The summed E-state index contributed by atoms with van der Waals surface area (Å²) in [5.74, 6) is -0.693. The maximum atomic E-state index is 12.7. The third-order valence-electron chi connectivity index (χ3n) is 4.62. The average Bonchev–Trinajstić information content (AvgIpc) is 3.27. The first kappa shape index (κ1) is 21.8. The Morgan fingerprint density at radius 2 is 1.83 bits per heavy atom. The smallest absolute Gasteiger partial charge is 0.387 e. The molecule has 1 heterocycles. The molecule has 30 heavy (non-hydrogen) atoms. The van der Waals surface area contributed by atoms with Crippen LogP contribution in [0.5, 0.6) is 5.75 Å². The molecule has 0 spiro atoms. The first-order chi connectivity index (χ1) is 14.3. The van der Waals surface area contributed by atoms with Crippen molar-refractivity contribution in [3.8, 4) is 5.75 Å². The molecule has 1 N–H and O–H groups in total. The lowest BCUT2D eigenvalue weighted by molar-refractivity contribution is -0.0499. The van der Waals surface area contributed by atoms with E-state index in [4.69, 9.17) is 0 Å². The Morgan fingerprint density at radius 1 is 1.13 bits per heavy atom. The molecule has 10 heteroatoms. The highest BCUT2D eigenvalue weighted by molar-refractivity contribution is 7.89. The third kappa shape index (κ3) is 5.00. The zero-order valence-electron chi connectivity index (χ0n) is 16.2. The first-order valence-electron chi connectivity index (χ1n) is 9.28. The van der Waals surface area contributed by atoms with Gasteiger partial charge < -0.3 is 4.74 Å². The van der Waals surface area contributed by atoms with Crippen LogP contribution in [0.25, 0.3) is 0 Å². The molecule has 1 fully saturated rings. The quantitative estimate of drug-likeness (QED) is 0.532. The number of hydrogen-bond donors (Lipinski definition) is 1. The molecular weight excluding hydrogens is 416 g/mol. The largest absolute Gasteiger partial charge is 0.434 e. The molecule has 160 valence electrons. The number of sulfonamides is 1.